The maximum atomic E-state index is 5.75. The van der Waals surface area contributed by atoms with Crippen molar-refractivity contribution in [1.29, 1.82) is 0 Å². The van der Waals surface area contributed by atoms with Crippen molar-refractivity contribution in [1.82, 2.24) is 15.0 Å². The highest BCUT2D eigenvalue weighted by Gasteiger charge is 2.07. The minimum absolute atomic E-state index is 0. The van der Waals surface area contributed by atoms with Crippen molar-refractivity contribution in [3.05, 3.63) is 35.5 Å². The van der Waals surface area contributed by atoms with Gasteiger partial charge in [-0.05, 0) is 30.5 Å². The van der Waals surface area contributed by atoms with Crippen LogP contribution in [0.15, 0.2) is 24.3 Å². The van der Waals surface area contributed by atoms with Crippen molar-refractivity contribution in [3.8, 4) is 5.75 Å². The fourth-order valence-corrected chi connectivity index (χ4v) is 1.92. The van der Waals surface area contributed by atoms with E-state index < -0.39 is 0 Å². The first-order chi connectivity index (χ1) is 8.74. The lowest BCUT2D eigenvalue weighted by molar-refractivity contribution is 0.414. The van der Waals surface area contributed by atoms with Gasteiger partial charge in [-0.2, -0.15) is 0 Å². The van der Waals surface area contributed by atoms with Crippen LogP contribution in [0.1, 0.15) is 18.2 Å². The number of nitrogen functional groups attached to an aromatic ring is 1. The zero-order valence-electron chi connectivity index (χ0n) is 11.2. The number of halogens is 1. The molecule has 0 amide bonds. The van der Waals surface area contributed by atoms with E-state index in [1.54, 1.807) is 7.11 Å². The van der Waals surface area contributed by atoms with Gasteiger partial charge in [0.05, 0.1) is 12.8 Å². The number of aryl methyl sites for hydroxylation is 2. The molecule has 0 saturated carbocycles. The second-order valence-corrected chi connectivity index (χ2v) is 4.10. The predicted octanol–water partition coefficient (Wildman–Crippen LogP) is 2.10. The number of rotatable bonds is 5. The third-order valence-electron chi connectivity index (χ3n) is 2.97. The van der Waals surface area contributed by atoms with E-state index in [0.29, 0.717) is 5.82 Å². The highest BCUT2D eigenvalue weighted by Crippen LogP contribution is 2.13. The van der Waals surface area contributed by atoms with Crippen LogP contribution in [0.25, 0.3) is 0 Å². The molecule has 6 heteroatoms. The van der Waals surface area contributed by atoms with E-state index in [0.717, 1.165) is 30.8 Å². The van der Waals surface area contributed by atoms with E-state index in [9.17, 15) is 0 Å². The van der Waals surface area contributed by atoms with Gasteiger partial charge in [0.25, 0.3) is 0 Å². The third kappa shape index (κ3) is 3.61. The molecule has 1 aromatic heterocycles. The number of hydrogen-bond acceptors (Lipinski definition) is 4. The van der Waals surface area contributed by atoms with Crippen LogP contribution in [0.4, 0.5) is 5.82 Å². The number of nitrogens with zero attached hydrogens (tertiary/aromatic N) is 3. The molecule has 104 valence electrons. The van der Waals surface area contributed by atoms with E-state index in [4.69, 9.17) is 10.5 Å². The average Bonchev–Trinajstić information content (AvgIpc) is 2.77. The SMILES string of the molecule is CCc1c(N)nnn1CCc1ccc(OC)cc1.Cl. The van der Waals surface area contributed by atoms with Crippen LogP contribution < -0.4 is 10.5 Å². The Balaban J connectivity index is 0.00000180. The second kappa shape index (κ2) is 6.99. The van der Waals surface area contributed by atoms with E-state index in [-0.39, 0.29) is 12.4 Å². The zero-order valence-corrected chi connectivity index (χ0v) is 12.0. The average molecular weight is 283 g/mol. The van der Waals surface area contributed by atoms with E-state index in [2.05, 4.69) is 29.4 Å². The molecular weight excluding hydrogens is 264 g/mol. The number of nitrogens with two attached hydrogens (primary N) is 1. The first-order valence-corrected chi connectivity index (χ1v) is 6.05. The summed E-state index contributed by atoms with van der Waals surface area (Å²) in [7, 11) is 1.67. The van der Waals surface area contributed by atoms with Crippen LogP contribution in [-0.4, -0.2) is 22.1 Å². The van der Waals surface area contributed by atoms with Crippen molar-refractivity contribution in [2.24, 2.45) is 0 Å². The lowest BCUT2D eigenvalue weighted by Gasteiger charge is -2.06. The molecule has 1 heterocycles. The van der Waals surface area contributed by atoms with Gasteiger partial charge in [0.2, 0.25) is 0 Å². The Labute approximate surface area is 119 Å². The van der Waals surface area contributed by atoms with Gasteiger partial charge < -0.3 is 10.5 Å². The Hall–Kier alpha value is -1.75. The van der Waals surface area contributed by atoms with Gasteiger partial charge in [-0.1, -0.05) is 24.3 Å². The van der Waals surface area contributed by atoms with Crippen molar-refractivity contribution >= 4 is 18.2 Å². The van der Waals surface area contributed by atoms with Gasteiger partial charge in [-0.3, -0.25) is 0 Å². The van der Waals surface area contributed by atoms with Crippen LogP contribution in [0, 0.1) is 0 Å². The van der Waals surface area contributed by atoms with Crippen molar-refractivity contribution in [2.75, 3.05) is 12.8 Å². The van der Waals surface area contributed by atoms with Gasteiger partial charge in [-0.25, -0.2) is 4.68 Å². The molecule has 0 saturated heterocycles. The fraction of sp³-hybridized carbons (Fsp3) is 0.385. The summed E-state index contributed by atoms with van der Waals surface area (Å²) in [5.41, 5.74) is 7.99. The molecule has 0 aliphatic carbocycles. The molecule has 19 heavy (non-hydrogen) atoms. The summed E-state index contributed by atoms with van der Waals surface area (Å²) < 4.78 is 7.00. The molecule has 0 atom stereocenters. The van der Waals surface area contributed by atoms with E-state index in [1.807, 2.05) is 16.8 Å². The van der Waals surface area contributed by atoms with Crippen molar-refractivity contribution < 1.29 is 4.74 Å². The van der Waals surface area contributed by atoms with Gasteiger partial charge in [0.1, 0.15) is 5.75 Å². The summed E-state index contributed by atoms with van der Waals surface area (Å²) in [6.45, 7) is 2.85. The van der Waals surface area contributed by atoms with E-state index in [1.165, 1.54) is 5.56 Å². The van der Waals surface area contributed by atoms with Crippen LogP contribution in [0.3, 0.4) is 0 Å². The predicted molar refractivity (Wildman–Crippen MR) is 77.8 cm³/mol. The molecule has 2 rings (SSSR count). The molecule has 0 bridgehead atoms. The number of anilines is 1. The fourth-order valence-electron chi connectivity index (χ4n) is 1.92. The smallest absolute Gasteiger partial charge is 0.169 e. The summed E-state index contributed by atoms with van der Waals surface area (Å²) >= 11 is 0. The van der Waals surface area contributed by atoms with Crippen LogP contribution in [0.5, 0.6) is 5.75 Å². The third-order valence-corrected chi connectivity index (χ3v) is 2.97. The number of aromatic nitrogens is 3. The summed E-state index contributed by atoms with van der Waals surface area (Å²) in [6, 6.07) is 8.05. The van der Waals surface area contributed by atoms with Crippen molar-refractivity contribution in [2.45, 2.75) is 26.3 Å². The molecule has 0 aliphatic rings. The first kappa shape index (κ1) is 15.3. The van der Waals surface area contributed by atoms with Crippen LogP contribution in [-0.2, 0) is 19.4 Å². The molecule has 0 radical (unpaired) electrons. The number of methoxy groups -OCH3 is 1. The summed E-state index contributed by atoms with van der Waals surface area (Å²) in [5.74, 6) is 1.41. The Morgan fingerprint density at radius 1 is 1.26 bits per heavy atom. The molecular formula is C13H19ClN4O. The lowest BCUT2D eigenvalue weighted by Crippen LogP contribution is -2.07. The topological polar surface area (TPSA) is 66.0 Å². The Bertz CT molecular complexity index is 510. The lowest BCUT2D eigenvalue weighted by atomic mass is 10.1. The Morgan fingerprint density at radius 3 is 2.53 bits per heavy atom. The van der Waals surface area contributed by atoms with Gasteiger partial charge in [-0.15, -0.1) is 17.5 Å². The quantitative estimate of drug-likeness (QED) is 0.912. The Kier molecular flexibility index (Phi) is 5.63. The molecule has 0 spiro atoms. The minimum Gasteiger partial charge on any atom is -0.497 e. The van der Waals surface area contributed by atoms with Crippen LogP contribution in [0.2, 0.25) is 0 Å². The van der Waals surface area contributed by atoms with E-state index >= 15 is 0 Å². The molecule has 2 N–H and O–H groups in total. The standard InChI is InChI=1S/C13H18N4O.ClH/c1-3-12-13(14)15-16-17(12)9-8-10-4-6-11(18-2)7-5-10;/h4-7H,3,8-9,14H2,1-2H3;1H. The van der Waals surface area contributed by atoms with Gasteiger partial charge >= 0.3 is 0 Å². The minimum atomic E-state index is 0. The largest absolute Gasteiger partial charge is 0.497 e. The zero-order chi connectivity index (χ0) is 13.0. The molecule has 0 aliphatic heterocycles. The number of benzene rings is 1. The van der Waals surface area contributed by atoms with Gasteiger partial charge in [0, 0.05) is 6.54 Å². The molecule has 2 aromatic rings. The number of ether oxygens (including phenoxy) is 1. The highest BCUT2D eigenvalue weighted by molar-refractivity contribution is 5.85. The second-order valence-electron chi connectivity index (χ2n) is 4.10. The van der Waals surface area contributed by atoms with Crippen molar-refractivity contribution in [3.63, 3.8) is 0 Å². The van der Waals surface area contributed by atoms with Crippen LogP contribution >= 0.6 is 12.4 Å². The maximum absolute atomic E-state index is 5.75. The molecule has 5 nitrogen and oxygen atoms in total. The molecule has 1 aromatic carbocycles. The molecule has 0 unspecified atom stereocenters. The summed E-state index contributed by atoms with van der Waals surface area (Å²) in [4.78, 5) is 0. The van der Waals surface area contributed by atoms with Gasteiger partial charge in [0.15, 0.2) is 5.82 Å². The monoisotopic (exact) mass is 282 g/mol. The maximum Gasteiger partial charge on any atom is 0.169 e. The number of hydrogen-bond donors (Lipinski definition) is 1. The molecule has 0 fully saturated rings. The highest BCUT2D eigenvalue weighted by atomic mass is 35.5. The normalized spacial score (nSPS) is 10.0. The first-order valence-electron chi connectivity index (χ1n) is 6.05. The summed E-state index contributed by atoms with van der Waals surface area (Å²) in [5, 5.41) is 7.95. The summed E-state index contributed by atoms with van der Waals surface area (Å²) in [6.07, 6.45) is 1.75. The Morgan fingerprint density at radius 2 is 1.95 bits per heavy atom.